The van der Waals surface area contributed by atoms with Crippen molar-refractivity contribution in [1.82, 2.24) is 0 Å². The lowest BCUT2D eigenvalue weighted by molar-refractivity contribution is 0.281. The van der Waals surface area contributed by atoms with Crippen molar-refractivity contribution >= 4 is 23.4 Å². The fraction of sp³-hybridized carbons (Fsp3) is 0.455. The first-order valence-corrected chi connectivity index (χ1v) is 6.21. The Kier molecular flexibility index (Phi) is 5.47. The molecule has 2 nitrogen and oxygen atoms in total. The second kappa shape index (κ2) is 6.38. The zero-order chi connectivity index (χ0) is 11.3. The van der Waals surface area contributed by atoms with Gasteiger partial charge in [-0.1, -0.05) is 24.6 Å². The molecule has 4 heteroatoms. The van der Waals surface area contributed by atoms with E-state index in [1.165, 1.54) is 0 Å². The number of hydrogen-bond donors (Lipinski definition) is 2. The summed E-state index contributed by atoms with van der Waals surface area (Å²) < 4.78 is 0. The zero-order valence-electron chi connectivity index (χ0n) is 8.69. The van der Waals surface area contributed by atoms with Gasteiger partial charge in [0.05, 0.1) is 6.61 Å². The Morgan fingerprint density at radius 2 is 2.27 bits per heavy atom. The molecule has 0 spiro atoms. The summed E-state index contributed by atoms with van der Waals surface area (Å²) in [6.45, 7) is 2.11. The summed E-state index contributed by atoms with van der Waals surface area (Å²) in [5.74, 6) is 0. The molecule has 0 saturated carbocycles. The van der Waals surface area contributed by atoms with E-state index in [4.69, 9.17) is 17.3 Å². The first kappa shape index (κ1) is 12.8. The van der Waals surface area contributed by atoms with Crippen LogP contribution in [0.2, 0.25) is 5.02 Å². The van der Waals surface area contributed by atoms with E-state index in [1.54, 1.807) is 11.8 Å². The summed E-state index contributed by atoms with van der Waals surface area (Å²) in [6.07, 6.45) is 0.860. The van der Waals surface area contributed by atoms with Gasteiger partial charge < -0.3 is 10.8 Å². The van der Waals surface area contributed by atoms with Gasteiger partial charge in [0.2, 0.25) is 0 Å². The molecule has 0 amide bonds. The number of thioether (sulfide) groups is 1. The van der Waals surface area contributed by atoms with Gasteiger partial charge in [-0.2, -0.15) is 0 Å². The van der Waals surface area contributed by atoms with Gasteiger partial charge in [-0.25, -0.2) is 0 Å². The molecule has 0 radical (unpaired) electrons. The average molecular weight is 246 g/mol. The van der Waals surface area contributed by atoms with E-state index < -0.39 is 0 Å². The number of halogens is 1. The van der Waals surface area contributed by atoms with Gasteiger partial charge in [-0.15, -0.1) is 11.8 Å². The van der Waals surface area contributed by atoms with Crippen LogP contribution in [0.1, 0.15) is 13.3 Å². The molecule has 0 aliphatic heterocycles. The Bertz CT molecular complexity index is 308. The Morgan fingerprint density at radius 1 is 1.53 bits per heavy atom. The maximum Gasteiger partial charge on any atom is 0.0568 e. The van der Waals surface area contributed by atoms with Gasteiger partial charge in [0, 0.05) is 21.2 Å². The van der Waals surface area contributed by atoms with Gasteiger partial charge in [0.25, 0.3) is 0 Å². The fourth-order valence-corrected chi connectivity index (χ4v) is 2.64. The van der Waals surface area contributed by atoms with E-state index >= 15 is 0 Å². The molecule has 0 aliphatic carbocycles. The average Bonchev–Trinajstić information content (AvgIpc) is 2.25. The van der Waals surface area contributed by atoms with Crippen LogP contribution in [0.15, 0.2) is 29.2 Å². The van der Waals surface area contributed by atoms with Crippen molar-refractivity contribution in [2.45, 2.75) is 29.5 Å². The summed E-state index contributed by atoms with van der Waals surface area (Å²) in [7, 11) is 0. The summed E-state index contributed by atoms with van der Waals surface area (Å²) in [4.78, 5) is 1.05. The Balaban J connectivity index is 2.66. The molecule has 1 rings (SSSR count). The Labute approximate surface area is 99.8 Å². The number of aliphatic hydroxyl groups excluding tert-OH is 1. The van der Waals surface area contributed by atoms with Gasteiger partial charge >= 0.3 is 0 Å². The fourth-order valence-electron chi connectivity index (χ4n) is 1.24. The third-order valence-electron chi connectivity index (χ3n) is 2.21. The molecule has 0 heterocycles. The van der Waals surface area contributed by atoms with E-state index in [2.05, 4.69) is 0 Å². The molecule has 0 saturated heterocycles. The SMILES string of the molecule is CCC(N)C(CO)Sc1cccc(Cl)c1. The van der Waals surface area contributed by atoms with Crippen LogP contribution in [-0.2, 0) is 0 Å². The van der Waals surface area contributed by atoms with E-state index in [-0.39, 0.29) is 17.9 Å². The van der Waals surface area contributed by atoms with Crippen LogP contribution >= 0.6 is 23.4 Å². The normalized spacial score (nSPS) is 14.9. The van der Waals surface area contributed by atoms with Crippen LogP contribution in [0.3, 0.4) is 0 Å². The van der Waals surface area contributed by atoms with Crippen molar-refractivity contribution in [3.8, 4) is 0 Å². The highest BCUT2D eigenvalue weighted by Crippen LogP contribution is 2.27. The molecule has 0 aliphatic rings. The van der Waals surface area contributed by atoms with Gasteiger partial charge in [0.1, 0.15) is 0 Å². The number of hydrogen-bond acceptors (Lipinski definition) is 3. The lowest BCUT2D eigenvalue weighted by Crippen LogP contribution is -2.34. The monoisotopic (exact) mass is 245 g/mol. The smallest absolute Gasteiger partial charge is 0.0568 e. The lowest BCUT2D eigenvalue weighted by Gasteiger charge is -2.19. The highest BCUT2D eigenvalue weighted by Gasteiger charge is 2.16. The molecule has 0 aromatic heterocycles. The van der Waals surface area contributed by atoms with E-state index in [0.717, 1.165) is 11.3 Å². The standard InChI is InChI=1S/C11H16ClNOS/c1-2-10(13)11(7-14)15-9-5-3-4-8(12)6-9/h3-6,10-11,14H,2,7,13H2,1H3. The molecule has 2 unspecified atom stereocenters. The predicted molar refractivity (Wildman–Crippen MR) is 66.4 cm³/mol. The highest BCUT2D eigenvalue weighted by atomic mass is 35.5. The molecule has 84 valence electrons. The maximum atomic E-state index is 9.22. The first-order valence-electron chi connectivity index (χ1n) is 4.96. The largest absolute Gasteiger partial charge is 0.395 e. The maximum absolute atomic E-state index is 9.22. The molecule has 1 aromatic rings. The summed E-state index contributed by atoms with van der Waals surface area (Å²) >= 11 is 7.45. The van der Waals surface area contributed by atoms with Crippen LogP contribution in [0.5, 0.6) is 0 Å². The minimum atomic E-state index is 0.0129. The number of nitrogens with two attached hydrogens (primary N) is 1. The third-order valence-corrected chi connectivity index (χ3v) is 3.78. The summed E-state index contributed by atoms with van der Waals surface area (Å²) in [5, 5.41) is 9.97. The van der Waals surface area contributed by atoms with Crippen molar-refractivity contribution < 1.29 is 5.11 Å². The molecule has 0 fully saturated rings. The van der Waals surface area contributed by atoms with Crippen LogP contribution in [0.4, 0.5) is 0 Å². The second-order valence-electron chi connectivity index (χ2n) is 3.37. The van der Waals surface area contributed by atoms with E-state index in [0.29, 0.717) is 5.02 Å². The molecular formula is C11H16ClNOS. The van der Waals surface area contributed by atoms with Crippen LogP contribution in [0.25, 0.3) is 0 Å². The van der Waals surface area contributed by atoms with E-state index in [9.17, 15) is 5.11 Å². The minimum absolute atomic E-state index is 0.0129. The van der Waals surface area contributed by atoms with Crippen molar-refractivity contribution in [3.05, 3.63) is 29.3 Å². The van der Waals surface area contributed by atoms with Crippen molar-refractivity contribution in [1.29, 1.82) is 0 Å². The van der Waals surface area contributed by atoms with Gasteiger partial charge in [0.15, 0.2) is 0 Å². The molecular weight excluding hydrogens is 230 g/mol. The summed E-state index contributed by atoms with van der Waals surface area (Å²) in [6, 6.07) is 7.60. The van der Waals surface area contributed by atoms with Crippen molar-refractivity contribution in [3.63, 3.8) is 0 Å². The molecule has 15 heavy (non-hydrogen) atoms. The Morgan fingerprint density at radius 3 is 2.80 bits per heavy atom. The quantitative estimate of drug-likeness (QED) is 0.784. The Hall–Kier alpha value is -0.220. The molecule has 0 bridgehead atoms. The van der Waals surface area contributed by atoms with Crippen LogP contribution in [-0.4, -0.2) is 23.0 Å². The highest BCUT2D eigenvalue weighted by molar-refractivity contribution is 8.00. The van der Waals surface area contributed by atoms with Crippen molar-refractivity contribution in [2.75, 3.05) is 6.61 Å². The van der Waals surface area contributed by atoms with Gasteiger partial charge in [-0.3, -0.25) is 0 Å². The summed E-state index contributed by atoms with van der Waals surface area (Å²) in [5.41, 5.74) is 5.90. The number of aliphatic hydroxyl groups is 1. The molecule has 1 aromatic carbocycles. The van der Waals surface area contributed by atoms with E-state index in [1.807, 2.05) is 31.2 Å². The molecule has 2 atom stereocenters. The second-order valence-corrected chi connectivity index (χ2v) is 5.12. The predicted octanol–water partition coefficient (Wildman–Crippen LogP) is 2.53. The number of rotatable bonds is 5. The van der Waals surface area contributed by atoms with Crippen molar-refractivity contribution in [2.24, 2.45) is 5.73 Å². The molecule has 3 N–H and O–H groups in total. The van der Waals surface area contributed by atoms with Gasteiger partial charge in [-0.05, 0) is 24.6 Å². The van der Waals surface area contributed by atoms with Crippen LogP contribution in [0, 0.1) is 0 Å². The first-order chi connectivity index (χ1) is 7.17. The zero-order valence-corrected chi connectivity index (χ0v) is 10.3. The topological polar surface area (TPSA) is 46.2 Å². The lowest BCUT2D eigenvalue weighted by atomic mass is 10.2. The minimum Gasteiger partial charge on any atom is -0.395 e. The third kappa shape index (κ3) is 4.03. The van der Waals surface area contributed by atoms with Crippen LogP contribution < -0.4 is 5.73 Å². The number of benzene rings is 1.